The normalized spacial score (nSPS) is 11.3. The van der Waals surface area contributed by atoms with Gasteiger partial charge in [-0.15, -0.1) is 11.3 Å². The fourth-order valence-corrected chi connectivity index (χ4v) is 3.34. The molecule has 0 saturated carbocycles. The van der Waals surface area contributed by atoms with Crippen molar-refractivity contribution in [2.24, 2.45) is 0 Å². The highest BCUT2D eigenvalue weighted by atomic mass is 35.5. The number of nitrogens with zero attached hydrogens (tertiary/aromatic N) is 2. The molecule has 3 rings (SSSR count). The third-order valence-corrected chi connectivity index (χ3v) is 5.28. The number of rotatable bonds is 4. The van der Waals surface area contributed by atoms with E-state index in [1.165, 1.54) is 35.7 Å². The van der Waals surface area contributed by atoms with E-state index in [1.807, 2.05) is 11.4 Å². The van der Waals surface area contributed by atoms with Crippen LogP contribution in [0.1, 0.15) is 5.01 Å². The molecule has 0 aliphatic rings. The Morgan fingerprint density at radius 1 is 1.12 bits per heavy atom. The van der Waals surface area contributed by atoms with Gasteiger partial charge in [-0.05, 0) is 30.3 Å². The maximum Gasteiger partial charge on any atom is 0.141 e. The fourth-order valence-electron chi connectivity index (χ4n) is 2.07. The molecule has 0 aliphatic heterocycles. The van der Waals surface area contributed by atoms with E-state index < -0.39 is 5.82 Å². The van der Waals surface area contributed by atoms with E-state index in [0.29, 0.717) is 32.0 Å². The van der Waals surface area contributed by atoms with E-state index in [4.69, 9.17) is 34.8 Å². The zero-order valence-corrected chi connectivity index (χ0v) is 16.0. The Morgan fingerprint density at radius 3 is 2.62 bits per heavy atom. The van der Waals surface area contributed by atoms with Crippen LogP contribution in [-0.2, 0) is 0 Å². The van der Waals surface area contributed by atoms with Gasteiger partial charge in [-0.3, -0.25) is 0 Å². The summed E-state index contributed by atoms with van der Waals surface area (Å²) in [6, 6.07) is 11.5. The van der Waals surface area contributed by atoms with Crippen molar-refractivity contribution >= 4 is 57.4 Å². The minimum absolute atomic E-state index is 0.00180. The van der Waals surface area contributed by atoms with Gasteiger partial charge in [0.2, 0.25) is 0 Å². The van der Waals surface area contributed by atoms with E-state index in [-0.39, 0.29) is 5.02 Å². The molecule has 1 heterocycles. The van der Waals surface area contributed by atoms with Crippen molar-refractivity contribution < 1.29 is 4.39 Å². The molecule has 1 N–H and O–H groups in total. The maximum atomic E-state index is 13.2. The van der Waals surface area contributed by atoms with Gasteiger partial charge in [0.1, 0.15) is 22.5 Å². The van der Waals surface area contributed by atoms with Gasteiger partial charge < -0.3 is 5.32 Å². The van der Waals surface area contributed by atoms with Gasteiger partial charge in [-0.1, -0.05) is 40.9 Å². The van der Waals surface area contributed by atoms with Gasteiger partial charge in [-0.25, -0.2) is 9.37 Å². The van der Waals surface area contributed by atoms with Crippen LogP contribution in [0.15, 0.2) is 48.0 Å². The molecule has 0 bridgehead atoms. The van der Waals surface area contributed by atoms with Gasteiger partial charge in [-0.2, -0.15) is 5.26 Å². The summed E-state index contributed by atoms with van der Waals surface area (Å²) in [5.74, 6) is -0.507. The lowest BCUT2D eigenvalue weighted by molar-refractivity contribution is 0.628. The topological polar surface area (TPSA) is 48.7 Å². The first-order valence-electron chi connectivity index (χ1n) is 7.21. The highest BCUT2D eigenvalue weighted by Crippen LogP contribution is 2.31. The summed E-state index contributed by atoms with van der Waals surface area (Å²) >= 11 is 19.0. The second-order valence-corrected chi connectivity index (χ2v) is 7.19. The Morgan fingerprint density at radius 2 is 1.92 bits per heavy atom. The van der Waals surface area contributed by atoms with E-state index in [1.54, 1.807) is 12.1 Å². The number of allylic oxidation sites excluding steroid dienone is 1. The van der Waals surface area contributed by atoms with E-state index in [2.05, 4.69) is 16.4 Å². The molecule has 0 atom stereocenters. The van der Waals surface area contributed by atoms with Crippen LogP contribution in [0.2, 0.25) is 15.1 Å². The Bertz CT molecular complexity index is 1040. The number of benzene rings is 2. The number of anilines is 1. The summed E-state index contributed by atoms with van der Waals surface area (Å²) in [5.41, 5.74) is 2.39. The van der Waals surface area contributed by atoms with Crippen LogP contribution in [0.25, 0.3) is 16.8 Å². The van der Waals surface area contributed by atoms with Crippen LogP contribution in [0.5, 0.6) is 0 Å². The average Bonchev–Trinajstić information content (AvgIpc) is 3.11. The lowest BCUT2D eigenvalue weighted by atomic mass is 10.2. The Kier molecular flexibility index (Phi) is 5.80. The first-order chi connectivity index (χ1) is 12.5. The van der Waals surface area contributed by atoms with Crippen molar-refractivity contribution in [1.82, 2.24) is 4.98 Å². The van der Waals surface area contributed by atoms with Gasteiger partial charge in [0.15, 0.2) is 0 Å². The first kappa shape index (κ1) is 18.7. The molecule has 0 unspecified atom stereocenters. The molecule has 0 aliphatic carbocycles. The maximum absolute atomic E-state index is 13.2. The number of hydrogen-bond donors (Lipinski definition) is 1. The number of thiazole rings is 1. The molecule has 0 amide bonds. The van der Waals surface area contributed by atoms with Crippen LogP contribution >= 0.6 is 46.1 Å². The monoisotopic (exact) mass is 423 g/mol. The van der Waals surface area contributed by atoms with Crippen LogP contribution < -0.4 is 5.32 Å². The molecular formula is C18H9Cl3FN3S. The van der Waals surface area contributed by atoms with E-state index in [9.17, 15) is 9.65 Å². The summed E-state index contributed by atoms with van der Waals surface area (Å²) in [6.07, 6.45) is 1.50. The quantitative estimate of drug-likeness (QED) is 0.464. The zero-order valence-electron chi connectivity index (χ0n) is 12.9. The number of nitrogens with one attached hydrogen (secondary N) is 1. The van der Waals surface area contributed by atoms with Crippen LogP contribution in [0.3, 0.4) is 0 Å². The highest BCUT2D eigenvalue weighted by molar-refractivity contribution is 7.11. The van der Waals surface area contributed by atoms with Crippen molar-refractivity contribution in [1.29, 1.82) is 5.26 Å². The lowest BCUT2D eigenvalue weighted by Gasteiger charge is -2.03. The Labute approximate surface area is 168 Å². The molecule has 130 valence electrons. The molecule has 0 saturated heterocycles. The SMILES string of the molecule is N#C/C(=C\Nc1ccc(F)c(Cl)c1)c1nc(-c2ccc(Cl)c(Cl)c2)cs1. The third-order valence-electron chi connectivity index (χ3n) is 3.37. The van der Waals surface area contributed by atoms with Crippen molar-refractivity contribution in [2.75, 3.05) is 5.32 Å². The Hall–Kier alpha value is -2.10. The van der Waals surface area contributed by atoms with Crippen molar-refractivity contribution in [3.8, 4) is 17.3 Å². The Balaban J connectivity index is 1.84. The van der Waals surface area contributed by atoms with Gasteiger partial charge in [0.05, 0.1) is 20.8 Å². The molecule has 3 aromatic rings. The van der Waals surface area contributed by atoms with Gasteiger partial charge in [0.25, 0.3) is 0 Å². The predicted octanol–water partition coefficient (Wildman–Crippen LogP) is 6.89. The van der Waals surface area contributed by atoms with Crippen molar-refractivity contribution in [2.45, 2.75) is 0 Å². The zero-order chi connectivity index (χ0) is 18.7. The van der Waals surface area contributed by atoms with Crippen LogP contribution in [-0.4, -0.2) is 4.98 Å². The number of hydrogen-bond acceptors (Lipinski definition) is 4. The molecule has 0 fully saturated rings. The number of halogens is 4. The molecule has 0 radical (unpaired) electrons. The highest BCUT2D eigenvalue weighted by Gasteiger charge is 2.10. The van der Waals surface area contributed by atoms with Crippen LogP contribution in [0, 0.1) is 17.1 Å². The molecule has 0 spiro atoms. The fraction of sp³-hybridized carbons (Fsp3) is 0. The summed E-state index contributed by atoms with van der Waals surface area (Å²) in [6.45, 7) is 0. The van der Waals surface area contributed by atoms with Gasteiger partial charge in [0, 0.05) is 22.8 Å². The lowest BCUT2D eigenvalue weighted by Crippen LogP contribution is -1.92. The molecule has 8 heteroatoms. The second kappa shape index (κ2) is 8.07. The summed E-state index contributed by atoms with van der Waals surface area (Å²) in [5, 5.41) is 15.6. The minimum Gasteiger partial charge on any atom is -0.360 e. The summed E-state index contributed by atoms with van der Waals surface area (Å²) in [7, 11) is 0. The standard InChI is InChI=1S/C18H9Cl3FN3S/c19-13-3-1-10(5-14(13)20)17-9-26-18(25-17)11(7-23)8-24-12-2-4-16(22)15(21)6-12/h1-6,8-9,24H/b11-8+. The molecule has 1 aromatic heterocycles. The van der Waals surface area contributed by atoms with Crippen LogP contribution in [0.4, 0.5) is 10.1 Å². The molecule has 26 heavy (non-hydrogen) atoms. The minimum atomic E-state index is -0.507. The van der Waals surface area contributed by atoms with E-state index >= 15 is 0 Å². The smallest absolute Gasteiger partial charge is 0.141 e. The van der Waals surface area contributed by atoms with Crippen molar-refractivity contribution in [3.63, 3.8) is 0 Å². The summed E-state index contributed by atoms with van der Waals surface area (Å²) < 4.78 is 13.2. The second-order valence-electron chi connectivity index (χ2n) is 5.11. The first-order valence-corrected chi connectivity index (χ1v) is 9.22. The number of nitriles is 1. The van der Waals surface area contributed by atoms with Crippen molar-refractivity contribution in [3.05, 3.63) is 73.9 Å². The molecular weight excluding hydrogens is 416 g/mol. The average molecular weight is 425 g/mol. The molecule has 2 aromatic carbocycles. The molecule has 3 nitrogen and oxygen atoms in total. The predicted molar refractivity (Wildman–Crippen MR) is 106 cm³/mol. The van der Waals surface area contributed by atoms with E-state index in [0.717, 1.165) is 5.56 Å². The van der Waals surface area contributed by atoms with Gasteiger partial charge >= 0.3 is 0 Å². The summed E-state index contributed by atoms with van der Waals surface area (Å²) in [4.78, 5) is 4.47. The largest absolute Gasteiger partial charge is 0.360 e. The number of aromatic nitrogens is 1. The third kappa shape index (κ3) is 4.17.